The highest BCUT2D eigenvalue weighted by atomic mass is 16.2. The van der Waals surface area contributed by atoms with Crippen LogP contribution in [-0.2, 0) is 17.6 Å². The molecule has 0 aliphatic carbocycles. The average molecular weight is 347 g/mol. The Bertz CT molecular complexity index is 897. The molecule has 1 amide bonds. The molecule has 1 aromatic heterocycles. The van der Waals surface area contributed by atoms with E-state index in [1.54, 1.807) is 0 Å². The zero-order chi connectivity index (χ0) is 17.9. The van der Waals surface area contributed by atoms with Gasteiger partial charge in [-0.2, -0.15) is 0 Å². The molecule has 2 heterocycles. The summed E-state index contributed by atoms with van der Waals surface area (Å²) in [5.41, 5.74) is 4.88. The maximum atomic E-state index is 12.9. The minimum Gasteiger partial charge on any atom is -0.361 e. The number of H-pyrrole nitrogens is 1. The van der Waals surface area contributed by atoms with Crippen molar-refractivity contribution in [3.63, 3.8) is 0 Å². The number of fused-ring (bicyclic) bond motifs is 1. The number of nitrogens with zero attached hydrogens (tertiary/aromatic N) is 1. The number of aromatic amines is 1. The number of rotatable bonds is 5. The number of carbonyl (C=O) groups is 1. The van der Waals surface area contributed by atoms with E-state index < -0.39 is 0 Å². The van der Waals surface area contributed by atoms with Crippen LogP contribution in [0.2, 0.25) is 0 Å². The van der Waals surface area contributed by atoms with Crippen LogP contribution in [0.5, 0.6) is 0 Å². The molecule has 1 saturated heterocycles. The van der Waals surface area contributed by atoms with Crippen LogP contribution in [0.15, 0.2) is 54.7 Å². The predicted molar refractivity (Wildman–Crippen MR) is 105 cm³/mol. The van der Waals surface area contributed by atoms with Crippen LogP contribution in [0.1, 0.15) is 16.7 Å². The number of aromatic nitrogens is 1. The molecule has 3 aromatic rings. The number of hydrogen-bond acceptors (Lipinski definition) is 2. The van der Waals surface area contributed by atoms with Gasteiger partial charge in [-0.25, -0.2) is 0 Å². The van der Waals surface area contributed by atoms with Gasteiger partial charge in [-0.05, 0) is 37.0 Å². The minimum atomic E-state index is -0.138. The zero-order valence-electron chi connectivity index (χ0n) is 15.2. The van der Waals surface area contributed by atoms with Crippen molar-refractivity contribution in [1.82, 2.24) is 15.2 Å². The summed E-state index contributed by atoms with van der Waals surface area (Å²) in [4.78, 5) is 18.2. The number of amides is 1. The molecule has 0 bridgehead atoms. The van der Waals surface area contributed by atoms with Crippen molar-refractivity contribution in [3.8, 4) is 0 Å². The van der Waals surface area contributed by atoms with Gasteiger partial charge in [0.1, 0.15) is 0 Å². The number of benzene rings is 2. The molecule has 1 atom stereocenters. The van der Waals surface area contributed by atoms with Crippen molar-refractivity contribution < 1.29 is 4.79 Å². The number of aryl methyl sites for hydroxylation is 1. The highest BCUT2D eigenvalue weighted by Gasteiger charge is 2.28. The van der Waals surface area contributed by atoms with E-state index in [0.717, 1.165) is 38.0 Å². The van der Waals surface area contributed by atoms with Crippen LogP contribution >= 0.6 is 0 Å². The molecule has 1 aliphatic rings. The van der Waals surface area contributed by atoms with Gasteiger partial charge in [-0.15, -0.1) is 0 Å². The second-order valence-electron chi connectivity index (χ2n) is 7.13. The van der Waals surface area contributed by atoms with Crippen LogP contribution in [0.4, 0.5) is 0 Å². The first-order valence-corrected chi connectivity index (χ1v) is 9.33. The van der Waals surface area contributed by atoms with Crippen LogP contribution in [0.25, 0.3) is 10.9 Å². The third kappa shape index (κ3) is 3.51. The topological polar surface area (TPSA) is 48.1 Å². The third-order valence-electron chi connectivity index (χ3n) is 5.27. The van der Waals surface area contributed by atoms with E-state index in [-0.39, 0.29) is 11.9 Å². The largest absolute Gasteiger partial charge is 0.361 e. The zero-order valence-corrected chi connectivity index (χ0v) is 15.2. The van der Waals surface area contributed by atoms with E-state index in [4.69, 9.17) is 0 Å². The van der Waals surface area contributed by atoms with Gasteiger partial charge >= 0.3 is 0 Å². The molecule has 0 radical (unpaired) electrons. The lowest BCUT2D eigenvalue weighted by molar-refractivity contribution is -0.135. The van der Waals surface area contributed by atoms with Crippen molar-refractivity contribution >= 4 is 16.8 Å². The number of nitrogens with one attached hydrogen (secondary N) is 2. The Hall–Kier alpha value is -2.59. The fourth-order valence-electron chi connectivity index (χ4n) is 3.71. The summed E-state index contributed by atoms with van der Waals surface area (Å²) in [5.74, 6) is 0.216. The fourth-order valence-corrected chi connectivity index (χ4v) is 3.71. The lowest BCUT2D eigenvalue weighted by Gasteiger charge is -2.33. The van der Waals surface area contributed by atoms with Gasteiger partial charge in [0.05, 0.1) is 6.04 Å². The lowest BCUT2D eigenvalue weighted by atomic mass is 10.0. The Labute approximate surface area is 154 Å². The second-order valence-corrected chi connectivity index (χ2v) is 7.13. The number of hydrogen-bond donors (Lipinski definition) is 2. The Morgan fingerprint density at radius 2 is 1.92 bits per heavy atom. The van der Waals surface area contributed by atoms with Crippen molar-refractivity contribution in [3.05, 3.63) is 71.4 Å². The summed E-state index contributed by atoms with van der Waals surface area (Å²) >= 11 is 0. The molecule has 1 aliphatic heterocycles. The molecule has 4 rings (SSSR count). The van der Waals surface area contributed by atoms with Crippen LogP contribution in [0.3, 0.4) is 0 Å². The first kappa shape index (κ1) is 16.9. The summed E-state index contributed by atoms with van der Waals surface area (Å²) in [7, 11) is 0. The van der Waals surface area contributed by atoms with Gasteiger partial charge in [0.25, 0.3) is 0 Å². The van der Waals surface area contributed by atoms with Gasteiger partial charge in [0.2, 0.25) is 5.91 Å². The monoisotopic (exact) mass is 347 g/mol. The van der Waals surface area contributed by atoms with E-state index in [9.17, 15) is 4.79 Å². The van der Waals surface area contributed by atoms with Crippen LogP contribution < -0.4 is 5.32 Å². The number of piperazine rings is 1. The SMILES string of the molecule is Cc1ccc(CCN2CCN[C@@H](Cc3c[nH]c4ccccc34)C2=O)cc1. The van der Waals surface area contributed by atoms with Crippen molar-refractivity contribution in [2.45, 2.75) is 25.8 Å². The fraction of sp³-hybridized carbons (Fsp3) is 0.318. The predicted octanol–water partition coefficient (Wildman–Crippen LogP) is 3.06. The standard InChI is InChI=1S/C22H25N3O/c1-16-6-8-17(9-7-16)10-12-25-13-11-23-21(22(25)26)14-18-15-24-20-5-3-2-4-19(18)20/h2-9,15,21,23-24H,10-14H2,1H3/t21-/m0/s1. The highest BCUT2D eigenvalue weighted by molar-refractivity contribution is 5.86. The molecule has 0 spiro atoms. The van der Waals surface area contributed by atoms with Gasteiger partial charge in [-0.3, -0.25) is 4.79 Å². The van der Waals surface area contributed by atoms with E-state index in [0.29, 0.717) is 0 Å². The average Bonchev–Trinajstić information content (AvgIpc) is 3.07. The molecular formula is C22H25N3O. The lowest BCUT2D eigenvalue weighted by Crippen LogP contribution is -2.56. The normalized spacial score (nSPS) is 17.8. The molecular weight excluding hydrogens is 322 g/mol. The molecule has 1 fully saturated rings. The first-order valence-electron chi connectivity index (χ1n) is 9.33. The number of carbonyl (C=O) groups excluding carboxylic acids is 1. The van der Waals surface area contributed by atoms with Crippen LogP contribution in [-0.4, -0.2) is 41.5 Å². The first-order chi connectivity index (χ1) is 12.7. The molecule has 4 nitrogen and oxygen atoms in total. The Kier molecular flexibility index (Phi) is 4.76. The maximum Gasteiger partial charge on any atom is 0.240 e. The van der Waals surface area contributed by atoms with E-state index >= 15 is 0 Å². The third-order valence-corrected chi connectivity index (χ3v) is 5.27. The van der Waals surface area contributed by atoms with E-state index in [1.165, 1.54) is 22.1 Å². The number of para-hydroxylation sites is 1. The van der Waals surface area contributed by atoms with E-state index in [2.05, 4.69) is 53.6 Å². The molecule has 2 N–H and O–H groups in total. The summed E-state index contributed by atoms with van der Waals surface area (Å²) in [6.07, 6.45) is 3.67. The smallest absolute Gasteiger partial charge is 0.240 e. The van der Waals surface area contributed by atoms with Crippen molar-refractivity contribution in [2.24, 2.45) is 0 Å². The van der Waals surface area contributed by atoms with Gasteiger partial charge in [-0.1, -0.05) is 48.0 Å². The van der Waals surface area contributed by atoms with Crippen molar-refractivity contribution in [1.29, 1.82) is 0 Å². The van der Waals surface area contributed by atoms with Gasteiger partial charge in [0.15, 0.2) is 0 Å². The molecule has 134 valence electrons. The highest BCUT2D eigenvalue weighted by Crippen LogP contribution is 2.20. The van der Waals surface area contributed by atoms with E-state index in [1.807, 2.05) is 23.2 Å². The molecule has 2 aromatic carbocycles. The molecule has 26 heavy (non-hydrogen) atoms. The summed E-state index contributed by atoms with van der Waals surface area (Å²) < 4.78 is 0. The Balaban J connectivity index is 1.41. The minimum absolute atomic E-state index is 0.138. The van der Waals surface area contributed by atoms with Crippen LogP contribution in [0, 0.1) is 6.92 Å². The molecule has 0 unspecified atom stereocenters. The Morgan fingerprint density at radius 3 is 2.77 bits per heavy atom. The summed E-state index contributed by atoms with van der Waals surface area (Å²) in [5, 5.41) is 4.61. The van der Waals surface area contributed by atoms with Gasteiger partial charge < -0.3 is 15.2 Å². The maximum absolute atomic E-state index is 12.9. The van der Waals surface area contributed by atoms with Gasteiger partial charge in [0, 0.05) is 36.7 Å². The summed E-state index contributed by atoms with van der Waals surface area (Å²) in [6, 6.07) is 16.7. The van der Waals surface area contributed by atoms with Crippen molar-refractivity contribution in [2.75, 3.05) is 19.6 Å². The molecule has 0 saturated carbocycles. The Morgan fingerprint density at radius 1 is 1.12 bits per heavy atom. The molecule has 4 heteroatoms. The second kappa shape index (κ2) is 7.34. The quantitative estimate of drug-likeness (QED) is 0.745. The summed E-state index contributed by atoms with van der Waals surface area (Å²) in [6.45, 7) is 4.52.